The fraction of sp³-hybridized carbons (Fsp3) is 0.538. The number of halogens is 1. The first kappa shape index (κ1) is 12.7. The average Bonchev–Trinajstić information content (AvgIpc) is 2.35. The van der Waals surface area contributed by atoms with Gasteiger partial charge in [0.05, 0.1) is 12.1 Å². The summed E-state index contributed by atoms with van der Waals surface area (Å²) in [4.78, 5) is 2.43. The molecule has 4 heteroatoms. The van der Waals surface area contributed by atoms with Crippen molar-refractivity contribution in [3.63, 3.8) is 0 Å². The number of piperazine rings is 1. The monoisotopic (exact) mass is 254 g/mol. The fourth-order valence-corrected chi connectivity index (χ4v) is 2.46. The number of nitrogens with zero attached hydrogens (tertiary/aromatic N) is 1. The van der Waals surface area contributed by atoms with E-state index in [2.05, 4.69) is 23.2 Å². The number of nitrogens with one attached hydrogen (secondary N) is 1. The SMILES string of the molecule is COc1c(Cl)ccc(C)c1CN1CCNCC1. The Hall–Kier alpha value is -0.770. The molecule has 1 heterocycles. The molecule has 1 fully saturated rings. The minimum Gasteiger partial charge on any atom is -0.495 e. The van der Waals surface area contributed by atoms with Gasteiger partial charge in [0, 0.05) is 38.3 Å². The lowest BCUT2D eigenvalue weighted by molar-refractivity contribution is 0.229. The summed E-state index contributed by atoms with van der Waals surface area (Å²) in [5, 5.41) is 4.05. The number of benzene rings is 1. The highest BCUT2D eigenvalue weighted by Crippen LogP contribution is 2.31. The third-order valence-corrected chi connectivity index (χ3v) is 3.54. The standard InChI is InChI=1S/C13H19ClN2O/c1-10-3-4-12(14)13(17-2)11(10)9-16-7-5-15-6-8-16/h3-4,15H,5-9H2,1-2H3. The lowest BCUT2D eigenvalue weighted by atomic mass is 10.1. The molecule has 0 atom stereocenters. The van der Waals surface area contributed by atoms with Gasteiger partial charge in [-0.1, -0.05) is 17.7 Å². The third kappa shape index (κ3) is 2.92. The second-order valence-electron chi connectivity index (χ2n) is 4.40. The lowest BCUT2D eigenvalue weighted by Crippen LogP contribution is -2.43. The van der Waals surface area contributed by atoms with Gasteiger partial charge < -0.3 is 10.1 Å². The number of aryl methyl sites for hydroxylation is 1. The largest absolute Gasteiger partial charge is 0.495 e. The Morgan fingerprint density at radius 1 is 1.35 bits per heavy atom. The van der Waals surface area contributed by atoms with Crippen molar-refractivity contribution in [2.45, 2.75) is 13.5 Å². The van der Waals surface area contributed by atoms with Crippen LogP contribution in [-0.4, -0.2) is 38.2 Å². The van der Waals surface area contributed by atoms with E-state index in [1.807, 2.05) is 6.07 Å². The molecule has 17 heavy (non-hydrogen) atoms. The van der Waals surface area contributed by atoms with Gasteiger partial charge >= 0.3 is 0 Å². The molecule has 0 saturated carbocycles. The van der Waals surface area contributed by atoms with Gasteiger partial charge in [-0.05, 0) is 18.6 Å². The maximum Gasteiger partial charge on any atom is 0.142 e. The van der Waals surface area contributed by atoms with Crippen molar-refractivity contribution in [2.24, 2.45) is 0 Å². The predicted molar refractivity (Wildman–Crippen MR) is 70.9 cm³/mol. The van der Waals surface area contributed by atoms with Gasteiger partial charge in [-0.25, -0.2) is 0 Å². The zero-order valence-corrected chi connectivity index (χ0v) is 11.2. The number of rotatable bonds is 3. The highest BCUT2D eigenvalue weighted by Gasteiger charge is 2.16. The first-order valence-corrected chi connectivity index (χ1v) is 6.35. The zero-order chi connectivity index (χ0) is 12.3. The molecule has 0 aromatic heterocycles. The number of methoxy groups -OCH3 is 1. The Labute approximate surface area is 108 Å². The van der Waals surface area contributed by atoms with E-state index in [0.717, 1.165) is 38.5 Å². The Kier molecular flexibility index (Phi) is 4.26. The molecule has 0 unspecified atom stereocenters. The van der Waals surface area contributed by atoms with Crippen LogP contribution in [0.1, 0.15) is 11.1 Å². The van der Waals surface area contributed by atoms with Crippen molar-refractivity contribution >= 4 is 11.6 Å². The molecule has 2 rings (SSSR count). The van der Waals surface area contributed by atoms with Crippen LogP contribution in [0, 0.1) is 6.92 Å². The maximum absolute atomic E-state index is 6.16. The van der Waals surface area contributed by atoms with E-state index in [1.54, 1.807) is 7.11 Å². The topological polar surface area (TPSA) is 24.5 Å². The highest BCUT2D eigenvalue weighted by atomic mass is 35.5. The molecule has 0 aliphatic carbocycles. The van der Waals surface area contributed by atoms with E-state index < -0.39 is 0 Å². The van der Waals surface area contributed by atoms with E-state index in [0.29, 0.717) is 5.02 Å². The van der Waals surface area contributed by atoms with Crippen LogP contribution in [0.25, 0.3) is 0 Å². The molecular formula is C13H19ClN2O. The average molecular weight is 255 g/mol. The first-order chi connectivity index (χ1) is 8.22. The fourth-order valence-electron chi connectivity index (χ4n) is 2.21. The summed E-state index contributed by atoms with van der Waals surface area (Å²) in [6, 6.07) is 3.96. The molecule has 1 saturated heterocycles. The van der Waals surface area contributed by atoms with Crippen LogP contribution in [0.15, 0.2) is 12.1 Å². The van der Waals surface area contributed by atoms with E-state index in [9.17, 15) is 0 Å². The Bertz CT molecular complexity index is 389. The smallest absolute Gasteiger partial charge is 0.142 e. The van der Waals surface area contributed by atoms with Gasteiger partial charge in [-0.2, -0.15) is 0 Å². The van der Waals surface area contributed by atoms with Crippen LogP contribution in [0.3, 0.4) is 0 Å². The van der Waals surface area contributed by atoms with Crippen LogP contribution in [0.2, 0.25) is 5.02 Å². The maximum atomic E-state index is 6.16. The molecule has 1 aliphatic heterocycles. The summed E-state index contributed by atoms with van der Waals surface area (Å²) in [5.41, 5.74) is 2.45. The molecule has 94 valence electrons. The Morgan fingerprint density at radius 3 is 2.71 bits per heavy atom. The Morgan fingerprint density at radius 2 is 2.06 bits per heavy atom. The van der Waals surface area contributed by atoms with Crippen molar-refractivity contribution in [3.8, 4) is 5.75 Å². The summed E-state index contributed by atoms with van der Waals surface area (Å²) in [6.45, 7) is 7.29. The molecule has 3 nitrogen and oxygen atoms in total. The van der Waals surface area contributed by atoms with Gasteiger partial charge in [-0.3, -0.25) is 4.90 Å². The molecule has 1 N–H and O–H groups in total. The molecule has 1 aromatic carbocycles. The van der Waals surface area contributed by atoms with Gasteiger partial charge in [0.1, 0.15) is 5.75 Å². The van der Waals surface area contributed by atoms with Crippen LogP contribution < -0.4 is 10.1 Å². The minimum absolute atomic E-state index is 0.697. The molecule has 0 spiro atoms. The van der Waals surface area contributed by atoms with E-state index in [-0.39, 0.29) is 0 Å². The van der Waals surface area contributed by atoms with Crippen molar-refractivity contribution in [1.82, 2.24) is 10.2 Å². The van der Waals surface area contributed by atoms with Crippen LogP contribution in [-0.2, 0) is 6.54 Å². The van der Waals surface area contributed by atoms with E-state index in [4.69, 9.17) is 16.3 Å². The number of hydrogen-bond donors (Lipinski definition) is 1. The van der Waals surface area contributed by atoms with Crippen LogP contribution >= 0.6 is 11.6 Å². The molecule has 0 radical (unpaired) electrons. The molecular weight excluding hydrogens is 236 g/mol. The van der Waals surface area contributed by atoms with E-state index in [1.165, 1.54) is 11.1 Å². The normalized spacial score (nSPS) is 17.1. The quantitative estimate of drug-likeness (QED) is 0.894. The lowest BCUT2D eigenvalue weighted by Gasteiger charge is -2.28. The molecule has 1 aromatic rings. The first-order valence-electron chi connectivity index (χ1n) is 5.97. The molecule has 1 aliphatic rings. The number of ether oxygens (including phenoxy) is 1. The highest BCUT2D eigenvalue weighted by molar-refractivity contribution is 6.32. The predicted octanol–water partition coefficient (Wildman–Crippen LogP) is 2.06. The second kappa shape index (κ2) is 5.71. The number of hydrogen-bond acceptors (Lipinski definition) is 3. The van der Waals surface area contributed by atoms with Crippen LogP contribution in [0.4, 0.5) is 0 Å². The van der Waals surface area contributed by atoms with Crippen molar-refractivity contribution in [1.29, 1.82) is 0 Å². The van der Waals surface area contributed by atoms with Crippen molar-refractivity contribution in [3.05, 3.63) is 28.3 Å². The minimum atomic E-state index is 0.697. The summed E-state index contributed by atoms with van der Waals surface area (Å²) >= 11 is 6.16. The van der Waals surface area contributed by atoms with Crippen LogP contribution in [0.5, 0.6) is 5.75 Å². The van der Waals surface area contributed by atoms with E-state index >= 15 is 0 Å². The summed E-state index contributed by atoms with van der Waals surface area (Å²) in [7, 11) is 1.68. The van der Waals surface area contributed by atoms with Gasteiger partial charge in [-0.15, -0.1) is 0 Å². The van der Waals surface area contributed by atoms with Gasteiger partial charge in [0.25, 0.3) is 0 Å². The molecule has 0 amide bonds. The third-order valence-electron chi connectivity index (χ3n) is 3.24. The summed E-state index contributed by atoms with van der Waals surface area (Å²) in [6.07, 6.45) is 0. The molecule has 0 bridgehead atoms. The van der Waals surface area contributed by atoms with Crippen molar-refractivity contribution in [2.75, 3.05) is 33.3 Å². The zero-order valence-electron chi connectivity index (χ0n) is 10.4. The Balaban J connectivity index is 2.21. The van der Waals surface area contributed by atoms with Gasteiger partial charge in [0.2, 0.25) is 0 Å². The summed E-state index contributed by atoms with van der Waals surface area (Å²) < 4.78 is 5.42. The second-order valence-corrected chi connectivity index (χ2v) is 4.81. The summed E-state index contributed by atoms with van der Waals surface area (Å²) in [5.74, 6) is 0.824. The van der Waals surface area contributed by atoms with Gasteiger partial charge in [0.15, 0.2) is 0 Å². The van der Waals surface area contributed by atoms with Crippen molar-refractivity contribution < 1.29 is 4.74 Å².